The molecular formula is C20H23N3O3S. The topological polar surface area (TPSA) is 79.5 Å². The summed E-state index contributed by atoms with van der Waals surface area (Å²) in [7, 11) is 1.60. The summed E-state index contributed by atoms with van der Waals surface area (Å²) in [6.45, 7) is 3.88. The van der Waals surface area contributed by atoms with Crippen molar-refractivity contribution in [3.05, 3.63) is 59.7 Å². The summed E-state index contributed by atoms with van der Waals surface area (Å²) in [6, 6.07) is 14.1. The van der Waals surface area contributed by atoms with E-state index in [-0.39, 0.29) is 23.0 Å². The molecule has 0 bridgehead atoms. The van der Waals surface area contributed by atoms with Gasteiger partial charge in [0.2, 0.25) is 5.91 Å². The Kier molecular flexibility index (Phi) is 7.31. The van der Waals surface area contributed by atoms with Crippen molar-refractivity contribution in [3.63, 3.8) is 0 Å². The maximum absolute atomic E-state index is 12.3. The van der Waals surface area contributed by atoms with Crippen LogP contribution in [0, 0.1) is 0 Å². The van der Waals surface area contributed by atoms with Crippen molar-refractivity contribution in [2.45, 2.75) is 26.4 Å². The Morgan fingerprint density at radius 3 is 2.22 bits per heavy atom. The van der Waals surface area contributed by atoms with Gasteiger partial charge in [-0.2, -0.15) is 0 Å². The van der Waals surface area contributed by atoms with E-state index in [9.17, 15) is 9.59 Å². The van der Waals surface area contributed by atoms with E-state index >= 15 is 0 Å². The molecule has 0 aromatic heterocycles. The molecule has 6 nitrogen and oxygen atoms in total. The van der Waals surface area contributed by atoms with Gasteiger partial charge in [0.1, 0.15) is 5.75 Å². The highest BCUT2D eigenvalue weighted by Gasteiger charge is 2.09. The van der Waals surface area contributed by atoms with Crippen LogP contribution in [-0.2, 0) is 11.2 Å². The van der Waals surface area contributed by atoms with Gasteiger partial charge in [-0.1, -0.05) is 12.1 Å². The molecule has 0 saturated heterocycles. The van der Waals surface area contributed by atoms with Crippen LogP contribution < -0.4 is 20.7 Å². The van der Waals surface area contributed by atoms with Gasteiger partial charge >= 0.3 is 0 Å². The monoisotopic (exact) mass is 385 g/mol. The zero-order valence-electron chi connectivity index (χ0n) is 15.5. The fraction of sp³-hybridized carbons (Fsp3) is 0.250. The van der Waals surface area contributed by atoms with E-state index in [1.165, 1.54) is 0 Å². The summed E-state index contributed by atoms with van der Waals surface area (Å²) in [5.74, 6) is 0.349. The number of likely N-dealkylation sites (N-methyl/N-ethyl adjacent to an activating group) is 1. The maximum atomic E-state index is 12.3. The van der Waals surface area contributed by atoms with E-state index in [4.69, 9.17) is 17.0 Å². The smallest absolute Gasteiger partial charge is 0.257 e. The highest BCUT2D eigenvalue weighted by atomic mass is 32.1. The van der Waals surface area contributed by atoms with Crippen molar-refractivity contribution >= 4 is 34.8 Å². The molecule has 0 radical (unpaired) electrons. The van der Waals surface area contributed by atoms with Crippen LogP contribution in [0.5, 0.6) is 5.75 Å². The van der Waals surface area contributed by atoms with Crippen molar-refractivity contribution in [1.82, 2.24) is 10.6 Å². The number of carbonyl (C=O) groups is 2. The average Bonchev–Trinajstić information content (AvgIpc) is 2.63. The Morgan fingerprint density at radius 1 is 1.04 bits per heavy atom. The van der Waals surface area contributed by atoms with Crippen LogP contribution >= 0.6 is 12.2 Å². The quantitative estimate of drug-likeness (QED) is 0.667. The third-order valence-corrected chi connectivity index (χ3v) is 3.77. The minimum atomic E-state index is -0.306. The zero-order chi connectivity index (χ0) is 19.8. The van der Waals surface area contributed by atoms with Gasteiger partial charge in [-0.05, 0) is 68.0 Å². The second-order valence-corrected chi connectivity index (χ2v) is 6.55. The van der Waals surface area contributed by atoms with Gasteiger partial charge < -0.3 is 15.4 Å². The molecule has 7 heteroatoms. The van der Waals surface area contributed by atoms with E-state index in [0.717, 1.165) is 11.3 Å². The molecule has 27 heavy (non-hydrogen) atoms. The molecule has 0 fully saturated rings. The normalized spacial score (nSPS) is 10.2. The number of anilines is 1. The fourth-order valence-electron chi connectivity index (χ4n) is 2.27. The summed E-state index contributed by atoms with van der Waals surface area (Å²) in [6.07, 6.45) is 0.387. The molecule has 142 valence electrons. The zero-order valence-corrected chi connectivity index (χ0v) is 16.4. The molecule has 2 amide bonds. The van der Waals surface area contributed by atoms with Crippen LogP contribution in [0.2, 0.25) is 0 Å². The molecule has 0 atom stereocenters. The molecule has 3 N–H and O–H groups in total. The average molecular weight is 385 g/mol. The van der Waals surface area contributed by atoms with E-state index < -0.39 is 0 Å². The van der Waals surface area contributed by atoms with Crippen molar-refractivity contribution in [2.24, 2.45) is 0 Å². The molecule has 0 aliphatic carbocycles. The lowest BCUT2D eigenvalue weighted by Crippen LogP contribution is -2.34. The first kappa shape index (κ1) is 20.4. The third kappa shape index (κ3) is 6.71. The molecule has 0 aliphatic heterocycles. The van der Waals surface area contributed by atoms with Gasteiger partial charge in [-0.15, -0.1) is 0 Å². The van der Waals surface area contributed by atoms with Crippen molar-refractivity contribution in [1.29, 1.82) is 0 Å². The maximum Gasteiger partial charge on any atom is 0.257 e. The molecule has 2 aromatic rings. The van der Waals surface area contributed by atoms with E-state index in [1.54, 1.807) is 43.4 Å². The van der Waals surface area contributed by atoms with E-state index in [0.29, 0.717) is 17.7 Å². The summed E-state index contributed by atoms with van der Waals surface area (Å²) in [4.78, 5) is 23.6. The number of carbonyl (C=O) groups excluding carboxylic acids is 2. The molecule has 2 rings (SSSR count). The van der Waals surface area contributed by atoms with E-state index in [1.807, 2.05) is 26.0 Å². The lowest BCUT2D eigenvalue weighted by atomic mass is 10.1. The lowest BCUT2D eigenvalue weighted by Gasteiger charge is -2.12. The Balaban J connectivity index is 1.89. The molecule has 0 unspecified atom stereocenters. The van der Waals surface area contributed by atoms with Crippen LogP contribution in [0.3, 0.4) is 0 Å². The number of rotatable bonds is 6. The predicted molar refractivity (Wildman–Crippen MR) is 110 cm³/mol. The molecule has 0 heterocycles. The second-order valence-electron chi connectivity index (χ2n) is 6.15. The van der Waals surface area contributed by atoms with Crippen molar-refractivity contribution < 1.29 is 14.3 Å². The Morgan fingerprint density at radius 2 is 1.67 bits per heavy atom. The van der Waals surface area contributed by atoms with E-state index in [2.05, 4.69) is 16.0 Å². The van der Waals surface area contributed by atoms with Crippen molar-refractivity contribution in [3.8, 4) is 5.75 Å². The molecule has 0 aliphatic rings. The highest BCUT2D eigenvalue weighted by molar-refractivity contribution is 7.80. The lowest BCUT2D eigenvalue weighted by molar-refractivity contribution is -0.119. The van der Waals surface area contributed by atoms with Gasteiger partial charge in [-0.3, -0.25) is 14.9 Å². The SMILES string of the molecule is CNC(=O)Cc1ccc(NC(=S)NC(=O)c2ccc(OC(C)C)cc2)cc1. The summed E-state index contributed by atoms with van der Waals surface area (Å²) in [5, 5.41) is 8.36. The van der Waals surface area contributed by atoms with Crippen molar-refractivity contribution in [2.75, 3.05) is 12.4 Å². The van der Waals surface area contributed by atoms with Crippen LogP contribution in [0.25, 0.3) is 0 Å². The number of benzene rings is 2. The number of nitrogens with one attached hydrogen (secondary N) is 3. The minimum absolute atomic E-state index is 0.0525. The van der Waals surface area contributed by atoms with Crippen LogP contribution in [0.1, 0.15) is 29.8 Å². The first-order valence-corrected chi connectivity index (χ1v) is 8.96. The Hall–Kier alpha value is -2.93. The van der Waals surface area contributed by atoms with Crippen LogP contribution in [0.15, 0.2) is 48.5 Å². The number of thiocarbonyl (C=S) groups is 1. The van der Waals surface area contributed by atoms with Crippen LogP contribution in [0.4, 0.5) is 5.69 Å². The Labute approximate surface area is 164 Å². The second kappa shape index (κ2) is 9.68. The first-order valence-electron chi connectivity index (χ1n) is 8.56. The fourth-order valence-corrected chi connectivity index (χ4v) is 2.48. The van der Waals surface area contributed by atoms with Crippen LogP contribution in [-0.4, -0.2) is 30.1 Å². The number of ether oxygens (including phenoxy) is 1. The van der Waals surface area contributed by atoms with Gasteiger partial charge in [0, 0.05) is 18.3 Å². The molecule has 0 spiro atoms. The van der Waals surface area contributed by atoms with Gasteiger partial charge in [0.25, 0.3) is 5.91 Å². The molecule has 2 aromatic carbocycles. The van der Waals surface area contributed by atoms with Gasteiger partial charge in [0.05, 0.1) is 12.5 Å². The highest BCUT2D eigenvalue weighted by Crippen LogP contribution is 2.14. The van der Waals surface area contributed by atoms with Gasteiger partial charge in [-0.25, -0.2) is 0 Å². The molecular weight excluding hydrogens is 362 g/mol. The molecule has 0 saturated carbocycles. The number of hydrogen-bond acceptors (Lipinski definition) is 4. The minimum Gasteiger partial charge on any atom is -0.491 e. The standard InChI is InChI=1S/C20H23N3O3S/c1-13(2)26-17-10-6-15(7-11-17)19(25)23-20(27)22-16-8-4-14(5-9-16)12-18(24)21-3/h4-11,13H,12H2,1-3H3,(H,21,24)(H2,22,23,25,27). The summed E-state index contributed by atoms with van der Waals surface area (Å²) >= 11 is 5.18. The Bertz CT molecular complexity index is 802. The largest absolute Gasteiger partial charge is 0.491 e. The van der Waals surface area contributed by atoms with Gasteiger partial charge in [0.15, 0.2) is 5.11 Å². The number of amides is 2. The first-order chi connectivity index (χ1) is 12.9. The predicted octanol–water partition coefficient (Wildman–Crippen LogP) is 2.89. The summed E-state index contributed by atoms with van der Waals surface area (Å²) < 4.78 is 5.55. The third-order valence-electron chi connectivity index (χ3n) is 3.57. The summed E-state index contributed by atoms with van der Waals surface area (Å²) in [5.41, 5.74) is 2.09. The number of hydrogen-bond donors (Lipinski definition) is 3.